The molecule has 0 radical (unpaired) electrons. The lowest BCUT2D eigenvalue weighted by atomic mass is 10.2. The van der Waals surface area contributed by atoms with E-state index in [1.54, 1.807) is 35.2 Å². The smallest absolute Gasteiger partial charge is 0.260 e. The van der Waals surface area contributed by atoms with Gasteiger partial charge in [0.2, 0.25) is 0 Å². The molecule has 0 unspecified atom stereocenters. The number of carbonyl (C=O) groups is 1. The molecule has 0 aliphatic heterocycles. The zero-order chi connectivity index (χ0) is 23.2. The predicted molar refractivity (Wildman–Crippen MR) is 132 cm³/mol. The number of hydrogen-bond acceptors (Lipinski definition) is 5. The summed E-state index contributed by atoms with van der Waals surface area (Å²) >= 11 is 1.33. The van der Waals surface area contributed by atoms with Crippen LogP contribution in [0, 0.1) is 5.82 Å². The summed E-state index contributed by atoms with van der Waals surface area (Å²) in [5.74, 6) is 0.824. The first-order chi connectivity index (χ1) is 16.1. The number of hydrogen-bond donors (Lipinski definition) is 0. The Kier molecular flexibility index (Phi) is 7.32. The van der Waals surface area contributed by atoms with Gasteiger partial charge in [-0.1, -0.05) is 49.4 Å². The van der Waals surface area contributed by atoms with Crippen molar-refractivity contribution in [1.29, 1.82) is 0 Å². The SMILES string of the molecule is CCN(CC)CCN(C(=O)c1ccc(Oc2ccccc2)cc1)c1nc2c(F)cccc2s1. The molecule has 0 atom stereocenters. The van der Waals surface area contributed by atoms with E-state index in [4.69, 9.17) is 4.74 Å². The van der Waals surface area contributed by atoms with E-state index in [1.165, 1.54) is 17.4 Å². The van der Waals surface area contributed by atoms with E-state index in [-0.39, 0.29) is 11.7 Å². The monoisotopic (exact) mass is 463 g/mol. The highest BCUT2D eigenvalue weighted by Crippen LogP contribution is 2.31. The van der Waals surface area contributed by atoms with E-state index in [1.807, 2.05) is 36.4 Å². The summed E-state index contributed by atoms with van der Waals surface area (Å²) in [6, 6.07) is 21.4. The van der Waals surface area contributed by atoms with Crippen LogP contribution < -0.4 is 9.64 Å². The van der Waals surface area contributed by atoms with Crippen molar-refractivity contribution < 1.29 is 13.9 Å². The Bertz CT molecular complexity index is 1210. The first-order valence-electron chi connectivity index (χ1n) is 11.0. The van der Waals surface area contributed by atoms with Gasteiger partial charge in [0.25, 0.3) is 5.91 Å². The lowest BCUT2D eigenvalue weighted by Gasteiger charge is -2.24. The van der Waals surface area contributed by atoms with Gasteiger partial charge < -0.3 is 9.64 Å². The molecular formula is C26H26FN3O2S. The standard InChI is InChI=1S/C26H26FN3O2S/c1-3-29(4-2)17-18-30(26-28-24-22(27)11-8-12-23(24)33-26)25(31)19-13-15-21(16-14-19)32-20-9-6-5-7-10-20/h5-16H,3-4,17-18H2,1-2H3. The quantitative estimate of drug-likeness (QED) is 0.296. The number of rotatable bonds is 9. The van der Waals surface area contributed by atoms with E-state index in [0.29, 0.717) is 35.1 Å². The summed E-state index contributed by atoms with van der Waals surface area (Å²) in [7, 11) is 0. The second kappa shape index (κ2) is 10.6. The maximum atomic E-state index is 14.3. The molecule has 0 saturated carbocycles. The van der Waals surface area contributed by atoms with Crippen molar-refractivity contribution in [2.45, 2.75) is 13.8 Å². The number of fused-ring (bicyclic) bond motifs is 1. The zero-order valence-corrected chi connectivity index (χ0v) is 19.5. The van der Waals surface area contributed by atoms with Crippen molar-refractivity contribution in [1.82, 2.24) is 9.88 Å². The second-order valence-corrected chi connectivity index (χ2v) is 8.52. The van der Waals surface area contributed by atoms with Crippen molar-refractivity contribution >= 4 is 32.6 Å². The van der Waals surface area contributed by atoms with Crippen molar-refractivity contribution in [3.05, 3.63) is 84.2 Å². The van der Waals surface area contributed by atoms with Gasteiger partial charge in [0.15, 0.2) is 5.13 Å². The van der Waals surface area contributed by atoms with Crippen molar-refractivity contribution in [3.63, 3.8) is 0 Å². The minimum Gasteiger partial charge on any atom is -0.457 e. The first-order valence-corrected chi connectivity index (χ1v) is 11.8. The maximum Gasteiger partial charge on any atom is 0.260 e. The van der Waals surface area contributed by atoms with Crippen molar-refractivity contribution in [2.24, 2.45) is 0 Å². The number of amides is 1. The largest absolute Gasteiger partial charge is 0.457 e. The van der Waals surface area contributed by atoms with Crippen LogP contribution in [-0.4, -0.2) is 42.0 Å². The fraction of sp³-hybridized carbons (Fsp3) is 0.231. The Morgan fingerprint density at radius 3 is 2.27 bits per heavy atom. The predicted octanol–water partition coefficient (Wildman–Crippen LogP) is 6.22. The van der Waals surface area contributed by atoms with Crippen LogP contribution >= 0.6 is 11.3 Å². The van der Waals surface area contributed by atoms with Crippen LogP contribution in [0.2, 0.25) is 0 Å². The molecule has 0 N–H and O–H groups in total. The van der Waals surface area contributed by atoms with E-state index >= 15 is 0 Å². The molecule has 170 valence electrons. The van der Waals surface area contributed by atoms with Gasteiger partial charge in [-0.05, 0) is 61.6 Å². The van der Waals surface area contributed by atoms with E-state index in [9.17, 15) is 9.18 Å². The molecule has 5 nitrogen and oxygen atoms in total. The molecule has 0 fully saturated rings. The number of nitrogens with zero attached hydrogens (tertiary/aromatic N) is 3. The summed E-state index contributed by atoms with van der Waals surface area (Å²) in [5, 5.41) is 0.497. The molecule has 0 bridgehead atoms. The first kappa shape index (κ1) is 22.9. The summed E-state index contributed by atoms with van der Waals surface area (Å²) in [6.07, 6.45) is 0. The molecule has 1 amide bonds. The van der Waals surface area contributed by atoms with Gasteiger partial charge in [0, 0.05) is 18.7 Å². The van der Waals surface area contributed by atoms with Crippen molar-refractivity contribution in [2.75, 3.05) is 31.1 Å². The van der Waals surface area contributed by atoms with Gasteiger partial charge in [-0.2, -0.15) is 0 Å². The minimum atomic E-state index is -0.381. The van der Waals surface area contributed by atoms with E-state index in [0.717, 1.165) is 23.5 Å². The third-order valence-electron chi connectivity index (χ3n) is 5.45. The number of halogens is 1. The highest BCUT2D eigenvalue weighted by molar-refractivity contribution is 7.22. The number of likely N-dealkylation sites (N-methyl/N-ethyl adjacent to an activating group) is 1. The molecule has 4 rings (SSSR count). The summed E-state index contributed by atoms with van der Waals surface area (Å²) in [6.45, 7) is 7.12. The van der Waals surface area contributed by atoms with Crippen LogP contribution in [0.5, 0.6) is 11.5 Å². The normalized spacial score (nSPS) is 11.2. The molecule has 4 aromatic rings. The maximum absolute atomic E-state index is 14.3. The van der Waals surface area contributed by atoms with Gasteiger partial charge >= 0.3 is 0 Å². The van der Waals surface area contributed by atoms with Gasteiger partial charge in [-0.15, -0.1) is 0 Å². The average Bonchev–Trinajstić information content (AvgIpc) is 3.28. The summed E-state index contributed by atoms with van der Waals surface area (Å²) in [4.78, 5) is 21.9. The van der Waals surface area contributed by atoms with Crippen LogP contribution in [0.1, 0.15) is 24.2 Å². The van der Waals surface area contributed by atoms with E-state index < -0.39 is 0 Å². The van der Waals surface area contributed by atoms with Crippen LogP contribution in [0.25, 0.3) is 10.2 Å². The number of carbonyl (C=O) groups excluding carboxylic acids is 1. The van der Waals surface area contributed by atoms with Crippen LogP contribution in [-0.2, 0) is 0 Å². The Labute approximate surface area is 197 Å². The topological polar surface area (TPSA) is 45.7 Å². The van der Waals surface area contributed by atoms with Crippen LogP contribution in [0.15, 0.2) is 72.8 Å². The Morgan fingerprint density at radius 1 is 0.909 bits per heavy atom. The molecule has 1 heterocycles. The molecule has 0 aliphatic carbocycles. The minimum absolute atomic E-state index is 0.173. The Morgan fingerprint density at radius 2 is 1.61 bits per heavy atom. The Balaban J connectivity index is 1.60. The number of thiazole rings is 1. The molecule has 0 aliphatic rings. The molecule has 7 heteroatoms. The summed E-state index contributed by atoms with van der Waals surface area (Å²) < 4.78 is 20.8. The number of anilines is 1. The fourth-order valence-corrected chi connectivity index (χ4v) is 4.53. The third kappa shape index (κ3) is 5.38. The highest BCUT2D eigenvalue weighted by atomic mass is 32.1. The Hall–Kier alpha value is -3.29. The molecular weight excluding hydrogens is 437 g/mol. The second-order valence-electron chi connectivity index (χ2n) is 7.51. The van der Waals surface area contributed by atoms with Crippen molar-refractivity contribution in [3.8, 4) is 11.5 Å². The summed E-state index contributed by atoms with van der Waals surface area (Å²) in [5.41, 5.74) is 0.819. The van der Waals surface area contributed by atoms with Gasteiger partial charge in [-0.3, -0.25) is 9.69 Å². The third-order valence-corrected chi connectivity index (χ3v) is 6.49. The van der Waals surface area contributed by atoms with Crippen LogP contribution in [0.3, 0.4) is 0 Å². The van der Waals surface area contributed by atoms with Crippen LogP contribution in [0.4, 0.5) is 9.52 Å². The lowest BCUT2D eigenvalue weighted by molar-refractivity contribution is 0.0983. The number of para-hydroxylation sites is 2. The molecule has 0 spiro atoms. The average molecular weight is 464 g/mol. The fourth-order valence-electron chi connectivity index (χ4n) is 3.53. The molecule has 3 aromatic carbocycles. The van der Waals surface area contributed by atoms with Gasteiger partial charge in [0.1, 0.15) is 22.8 Å². The van der Waals surface area contributed by atoms with E-state index in [2.05, 4.69) is 23.7 Å². The molecule has 1 aromatic heterocycles. The van der Waals surface area contributed by atoms with Gasteiger partial charge in [-0.25, -0.2) is 9.37 Å². The molecule has 33 heavy (non-hydrogen) atoms. The lowest BCUT2D eigenvalue weighted by Crippen LogP contribution is -2.38. The van der Waals surface area contributed by atoms with Gasteiger partial charge in [0.05, 0.1) is 4.70 Å². The number of ether oxygens (including phenoxy) is 1. The highest BCUT2D eigenvalue weighted by Gasteiger charge is 2.22. The number of benzene rings is 3. The zero-order valence-electron chi connectivity index (χ0n) is 18.7. The molecule has 0 saturated heterocycles. The number of aromatic nitrogens is 1.